The highest BCUT2D eigenvalue weighted by Crippen LogP contribution is 2.17. The molecule has 0 radical (unpaired) electrons. The number of rotatable bonds is 7. The largest absolute Gasteiger partial charge is 0.103 e. The van der Waals surface area contributed by atoms with Gasteiger partial charge in [-0.3, -0.25) is 0 Å². The van der Waals surface area contributed by atoms with Gasteiger partial charge in [0, 0.05) is 0 Å². The van der Waals surface area contributed by atoms with Crippen molar-refractivity contribution in [3.05, 3.63) is 24.8 Å². The lowest BCUT2D eigenvalue weighted by Crippen LogP contribution is -1.97. The first kappa shape index (κ1) is 11.5. The summed E-state index contributed by atoms with van der Waals surface area (Å²) in [5.74, 6) is 0.832. The van der Waals surface area contributed by atoms with Crippen molar-refractivity contribution < 1.29 is 0 Å². The van der Waals surface area contributed by atoms with Crippen molar-refractivity contribution in [3.8, 4) is 0 Å². The van der Waals surface area contributed by atoms with Crippen LogP contribution in [0, 0.1) is 5.92 Å². The quantitative estimate of drug-likeness (QED) is 0.494. The highest BCUT2D eigenvalue weighted by atomic mass is 14.1. The first-order chi connectivity index (χ1) is 5.85. The molecule has 1 unspecified atom stereocenters. The molecule has 0 nitrogen and oxygen atoms in total. The molecule has 0 rings (SSSR count). The molecular formula is C12H22. The average Bonchev–Trinajstić information content (AvgIpc) is 2.10. The van der Waals surface area contributed by atoms with E-state index in [1.165, 1.54) is 32.1 Å². The molecule has 0 aliphatic carbocycles. The molecule has 0 bridgehead atoms. The molecule has 0 aliphatic rings. The standard InChI is InChI=1S/C12H22/c1-4-7-10-12(9-6-3)11-8-5-2/h4,6-7,12H,3,5,8-11H2,1-2H3. The van der Waals surface area contributed by atoms with Crippen LogP contribution < -0.4 is 0 Å². The van der Waals surface area contributed by atoms with Gasteiger partial charge >= 0.3 is 0 Å². The van der Waals surface area contributed by atoms with Gasteiger partial charge in [0.2, 0.25) is 0 Å². The molecule has 0 aromatic carbocycles. The zero-order chi connectivity index (χ0) is 9.23. The Morgan fingerprint density at radius 3 is 2.58 bits per heavy atom. The SMILES string of the molecule is C=CCC(CC=CC)CCCC. The summed E-state index contributed by atoms with van der Waals surface area (Å²) in [6.07, 6.45) is 12.9. The van der Waals surface area contributed by atoms with Gasteiger partial charge in [-0.1, -0.05) is 38.0 Å². The van der Waals surface area contributed by atoms with Gasteiger partial charge in [-0.05, 0) is 32.1 Å². The van der Waals surface area contributed by atoms with E-state index < -0.39 is 0 Å². The number of hydrogen-bond donors (Lipinski definition) is 0. The van der Waals surface area contributed by atoms with Gasteiger partial charge in [0.15, 0.2) is 0 Å². The maximum Gasteiger partial charge on any atom is -0.0319 e. The molecular weight excluding hydrogens is 144 g/mol. The van der Waals surface area contributed by atoms with Gasteiger partial charge in [0.1, 0.15) is 0 Å². The van der Waals surface area contributed by atoms with Gasteiger partial charge in [-0.15, -0.1) is 6.58 Å². The Bertz CT molecular complexity index is 122. The summed E-state index contributed by atoms with van der Waals surface area (Å²) in [5.41, 5.74) is 0. The summed E-state index contributed by atoms with van der Waals surface area (Å²) in [6, 6.07) is 0. The molecule has 0 saturated carbocycles. The van der Waals surface area contributed by atoms with Gasteiger partial charge in [-0.25, -0.2) is 0 Å². The molecule has 0 N–H and O–H groups in total. The molecule has 0 aromatic rings. The monoisotopic (exact) mass is 166 g/mol. The van der Waals surface area contributed by atoms with Crippen molar-refractivity contribution in [1.29, 1.82) is 0 Å². The molecule has 0 fully saturated rings. The summed E-state index contributed by atoms with van der Waals surface area (Å²) in [5, 5.41) is 0. The lowest BCUT2D eigenvalue weighted by atomic mass is 9.95. The second-order valence-corrected chi connectivity index (χ2v) is 3.34. The minimum absolute atomic E-state index is 0.832. The minimum atomic E-state index is 0.832. The first-order valence-electron chi connectivity index (χ1n) is 5.07. The second kappa shape index (κ2) is 8.58. The Balaban J connectivity index is 3.60. The van der Waals surface area contributed by atoms with E-state index in [1.807, 2.05) is 6.08 Å². The summed E-state index contributed by atoms with van der Waals surface area (Å²) < 4.78 is 0. The van der Waals surface area contributed by atoms with E-state index in [9.17, 15) is 0 Å². The third kappa shape index (κ3) is 6.21. The van der Waals surface area contributed by atoms with Gasteiger partial charge in [0.05, 0.1) is 0 Å². The molecule has 0 spiro atoms. The van der Waals surface area contributed by atoms with Gasteiger partial charge in [0.25, 0.3) is 0 Å². The third-order valence-corrected chi connectivity index (χ3v) is 2.17. The van der Waals surface area contributed by atoms with E-state index >= 15 is 0 Å². The van der Waals surface area contributed by atoms with Crippen LogP contribution >= 0.6 is 0 Å². The fourth-order valence-electron chi connectivity index (χ4n) is 1.39. The summed E-state index contributed by atoms with van der Waals surface area (Å²) in [4.78, 5) is 0. The molecule has 1 atom stereocenters. The van der Waals surface area contributed by atoms with E-state index in [0.717, 1.165) is 5.92 Å². The molecule has 0 aliphatic heterocycles. The predicted octanol–water partition coefficient (Wildman–Crippen LogP) is 4.34. The van der Waals surface area contributed by atoms with Crippen LogP contribution in [0.25, 0.3) is 0 Å². The van der Waals surface area contributed by atoms with Crippen molar-refractivity contribution in [2.75, 3.05) is 0 Å². The zero-order valence-corrected chi connectivity index (χ0v) is 8.55. The van der Waals surface area contributed by atoms with Gasteiger partial charge in [-0.2, -0.15) is 0 Å². The predicted molar refractivity (Wildman–Crippen MR) is 57.3 cm³/mol. The van der Waals surface area contributed by atoms with E-state index in [1.54, 1.807) is 0 Å². The summed E-state index contributed by atoms with van der Waals surface area (Å²) >= 11 is 0. The lowest BCUT2D eigenvalue weighted by Gasteiger charge is -2.11. The fraction of sp³-hybridized carbons (Fsp3) is 0.667. The topological polar surface area (TPSA) is 0 Å². The molecule has 0 heteroatoms. The highest BCUT2D eigenvalue weighted by Gasteiger charge is 2.02. The van der Waals surface area contributed by atoms with Crippen LogP contribution in [0.5, 0.6) is 0 Å². The van der Waals surface area contributed by atoms with E-state index in [4.69, 9.17) is 0 Å². The van der Waals surface area contributed by atoms with Crippen LogP contribution in [-0.4, -0.2) is 0 Å². The lowest BCUT2D eigenvalue weighted by molar-refractivity contribution is 0.475. The molecule has 0 saturated heterocycles. The average molecular weight is 166 g/mol. The van der Waals surface area contributed by atoms with Crippen molar-refractivity contribution >= 4 is 0 Å². The third-order valence-electron chi connectivity index (χ3n) is 2.17. The summed E-state index contributed by atoms with van der Waals surface area (Å²) in [7, 11) is 0. The molecule has 12 heavy (non-hydrogen) atoms. The van der Waals surface area contributed by atoms with Crippen LogP contribution in [0.1, 0.15) is 46.0 Å². The highest BCUT2D eigenvalue weighted by molar-refractivity contribution is 4.83. The van der Waals surface area contributed by atoms with Crippen LogP contribution in [0.3, 0.4) is 0 Å². The second-order valence-electron chi connectivity index (χ2n) is 3.34. The molecule has 0 amide bonds. The summed E-state index contributed by atoms with van der Waals surface area (Å²) in [6.45, 7) is 8.13. The van der Waals surface area contributed by atoms with Crippen molar-refractivity contribution in [2.24, 2.45) is 5.92 Å². The molecule has 70 valence electrons. The Labute approximate surface area is 77.4 Å². The van der Waals surface area contributed by atoms with Gasteiger partial charge < -0.3 is 0 Å². The van der Waals surface area contributed by atoms with E-state index in [2.05, 4.69) is 32.6 Å². The Hall–Kier alpha value is -0.520. The van der Waals surface area contributed by atoms with Crippen LogP contribution in [0.2, 0.25) is 0 Å². The number of hydrogen-bond acceptors (Lipinski definition) is 0. The maximum atomic E-state index is 3.79. The van der Waals surface area contributed by atoms with E-state index in [0.29, 0.717) is 0 Å². The Kier molecular flexibility index (Phi) is 8.20. The van der Waals surface area contributed by atoms with Crippen LogP contribution in [0.15, 0.2) is 24.8 Å². The Morgan fingerprint density at radius 1 is 1.33 bits per heavy atom. The molecule has 0 heterocycles. The molecule has 0 aromatic heterocycles. The van der Waals surface area contributed by atoms with Crippen molar-refractivity contribution in [3.63, 3.8) is 0 Å². The van der Waals surface area contributed by atoms with E-state index in [-0.39, 0.29) is 0 Å². The smallest absolute Gasteiger partial charge is 0.0319 e. The Morgan fingerprint density at radius 2 is 2.08 bits per heavy atom. The van der Waals surface area contributed by atoms with Crippen molar-refractivity contribution in [1.82, 2.24) is 0 Å². The van der Waals surface area contributed by atoms with Crippen LogP contribution in [0.4, 0.5) is 0 Å². The minimum Gasteiger partial charge on any atom is -0.103 e. The van der Waals surface area contributed by atoms with Crippen LogP contribution in [-0.2, 0) is 0 Å². The number of unbranched alkanes of at least 4 members (excludes halogenated alkanes) is 1. The maximum absolute atomic E-state index is 3.79. The number of allylic oxidation sites excluding steroid dienone is 3. The fourth-order valence-corrected chi connectivity index (χ4v) is 1.39. The van der Waals surface area contributed by atoms with Crippen molar-refractivity contribution in [2.45, 2.75) is 46.0 Å². The normalized spacial score (nSPS) is 13.5. The first-order valence-corrected chi connectivity index (χ1v) is 5.07. The zero-order valence-electron chi connectivity index (χ0n) is 8.55.